The van der Waals surface area contributed by atoms with Crippen molar-refractivity contribution in [2.45, 2.75) is 39.0 Å². The van der Waals surface area contributed by atoms with Crippen LogP contribution in [0.3, 0.4) is 0 Å². The number of fused-ring (bicyclic) bond motifs is 1. The summed E-state index contributed by atoms with van der Waals surface area (Å²) in [6.45, 7) is 2.18. The molecule has 3 aromatic carbocycles. The standard InChI is InChI=1S/C25H22F4/c1-2-3-15-4-10-21-18(12-15)9-11-20(24(21)28)17-7-5-16(6-8-17)19-13-22(26)25(29)23(27)14-19/h5-9,11,13-15H,2-4,10,12H2,1H3. The Kier molecular flexibility index (Phi) is 5.44. The van der Waals surface area contributed by atoms with Crippen molar-refractivity contribution in [1.29, 1.82) is 0 Å². The molecule has 4 heteroatoms. The van der Waals surface area contributed by atoms with Crippen molar-refractivity contribution in [3.8, 4) is 22.3 Å². The molecule has 3 aromatic rings. The summed E-state index contributed by atoms with van der Waals surface area (Å²) in [6, 6.07) is 12.5. The molecule has 4 rings (SSSR count). The summed E-state index contributed by atoms with van der Waals surface area (Å²) >= 11 is 0. The lowest BCUT2D eigenvalue weighted by Crippen LogP contribution is -2.15. The number of hydrogen-bond acceptors (Lipinski definition) is 0. The molecule has 1 aliphatic rings. The minimum atomic E-state index is -1.48. The Hall–Kier alpha value is -2.62. The minimum Gasteiger partial charge on any atom is -0.206 e. The van der Waals surface area contributed by atoms with Gasteiger partial charge in [0, 0.05) is 5.56 Å². The highest BCUT2D eigenvalue weighted by Gasteiger charge is 2.22. The maximum atomic E-state index is 15.2. The van der Waals surface area contributed by atoms with Gasteiger partial charge in [-0.2, -0.15) is 0 Å². The van der Waals surface area contributed by atoms with Crippen LogP contribution in [0.1, 0.15) is 37.3 Å². The minimum absolute atomic E-state index is 0.177. The Balaban J connectivity index is 1.63. The van der Waals surface area contributed by atoms with Crippen molar-refractivity contribution < 1.29 is 17.6 Å². The molecule has 1 unspecified atom stereocenters. The molecule has 1 atom stereocenters. The van der Waals surface area contributed by atoms with E-state index in [1.807, 2.05) is 12.1 Å². The van der Waals surface area contributed by atoms with Gasteiger partial charge in [-0.25, -0.2) is 17.6 Å². The molecule has 0 heterocycles. The zero-order valence-electron chi connectivity index (χ0n) is 16.2. The fourth-order valence-electron chi connectivity index (χ4n) is 4.33. The van der Waals surface area contributed by atoms with Crippen LogP contribution < -0.4 is 0 Å². The van der Waals surface area contributed by atoms with Gasteiger partial charge in [0.05, 0.1) is 0 Å². The van der Waals surface area contributed by atoms with Crippen molar-refractivity contribution in [2.75, 3.05) is 0 Å². The molecule has 0 nitrogen and oxygen atoms in total. The average molecular weight is 398 g/mol. The third kappa shape index (κ3) is 3.81. The predicted octanol–water partition coefficient (Wildman–Crippen LogP) is 7.48. The molecule has 0 amide bonds. The lowest BCUT2D eigenvalue weighted by atomic mass is 9.80. The second kappa shape index (κ2) is 8.02. The molecule has 0 aromatic heterocycles. The SMILES string of the molecule is CCCC1CCc2c(ccc(-c3ccc(-c4cc(F)c(F)c(F)c4)cc3)c2F)C1. The van der Waals surface area contributed by atoms with E-state index < -0.39 is 17.5 Å². The van der Waals surface area contributed by atoms with Crippen molar-refractivity contribution in [3.05, 3.63) is 82.9 Å². The van der Waals surface area contributed by atoms with Crippen LogP contribution >= 0.6 is 0 Å². The number of benzene rings is 3. The van der Waals surface area contributed by atoms with E-state index in [4.69, 9.17) is 0 Å². The molecule has 1 aliphatic carbocycles. The maximum Gasteiger partial charge on any atom is 0.194 e. The average Bonchev–Trinajstić information content (AvgIpc) is 2.72. The van der Waals surface area contributed by atoms with Gasteiger partial charge >= 0.3 is 0 Å². The zero-order chi connectivity index (χ0) is 20.5. The van der Waals surface area contributed by atoms with Crippen molar-refractivity contribution in [2.24, 2.45) is 5.92 Å². The molecule has 150 valence electrons. The topological polar surface area (TPSA) is 0 Å². The normalized spacial score (nSPS) is 16.0. The van der Waals surface area contributed by atoms with Crippen molar-refractivity contribution in [3.63, 3.8) is 0 Å². The van der Waals surface area contributed by atoms with Crippen LogP contribution in [0.2, 0.25) is 0 Å². The molecule has 29 heavy (non-hydrogen) atoms. The van der Waals surface area contributed by atoms with E-state index in [9.17, 15) is 13.2 Å². The van der Waals surface area contributed by atoms with Gasteiger partial charge in [-0.1, -0.05) is 56.2 Å². The predicted molar refractivity (Wildman–Crippen MR) is 108 cm³/mol. The Morgan fingerprint density at radius 3 is 2.10 bits per heavy atom. The van der Waals surface area contributed by atoms with E-state index in [0.717, 1.165) is 48.9 Å². The first-order valence-electron chi connectivity index (χ1n) is 10.0. The Bertz CT molecular complexity index is 1010. The summed E-state index contributed by atoms with van der Waals surface area (Å²) in [5, 5.41) is 0. The van der Waals surface area contributed by atoms with Gasteiger partial charge in [-0.3, -0.25) is 0 Å². The third-order valence-electron chi connectivity index (χ3n) is 5.86. The summed E-state index contributed by atoms with van der Waals surface area (Å²) in [4.78, 5) is 0. The van der Waals surface area contributed by atoms with Crippen LogP contribution in [0, 0.1) is 29.2 Å². The molecule has 0 saturated heterocycles. The van der Waals surface area contributed by atoms with Crippen LogP contribution in [0.15, 0.2) is 48.5 Å². The third-order valence-corrected chi connectivity index (χ3v) is 5.86. The van der Waals surface area contributed by atoms with E-state index in [1.54, 1.807) is 24.3 Å². The van der Waals surface area contributed by atoms with Crippen molar-refractivity contribution in [1.82, 2.24) is 0 Å². The van der Waals surface area contributed by atoms with Crippen LogP contribution in [0.5, 0.6) is 0 Å². The molecule has 0 bridgehead atoms. The van der Waals surface area contributed by atoms with Gasteiger partial charge in [0.25, 0.3) is 0 Å². The summed E-state index contributed by atoms with van der Waals surface area (Å²) in [6.07, 6.45) is 5.03. The quantitative estimate of drug-likeness (QED) is 0.316. The highest BCUT2D eigenvalue weighted by atomic mass is 19.2. The van der Waals surface area contributed by atoms with Crippen molar-refractivity contribution >= 4 is 0 Å². The fourth-order valence-corrected chi connectivity index (χ4v) is 4.33. The van der Waals surface area contributed by atoms with Gasteiger partial charge < -0.3 is 0 Å². The first kappa shape index (κ1) is 19.7. The fraction of sp³-hybridized carbons (Fsp3) is 0.280. The lowest BCUT2D eigenvalue weighted by Gasteiger charge is -2.25. The van der Waals surface area contributed by atoms with Gasteiger partial charge in [0.15, 0.2) is 17.5 Å². The van der Waals surface area contributed by atoms with E-state index in [1.165, 1.54) is 6.42 Å². The number of halogens is 4. The van der Waals surface area contributed by atoms with Crippen LogP contribution in [-0.4, -0.2) is 0 Å². The summed E-state index contributed by atoms with van der Waals surface area (Å²) < 4.78 is 55.3. The van der Waals surface area contributed by atoms with E-state index >= 15 is 4.39 Å². The van der Waals surface area contributed by atoms with E-state index in [0.29, 0.717) is 22.6 Å². The first-order chi connectivity index (χ1) is 14.0. The Labute approximate surface area is 168 Å². The molecular formula is C25H22F4. The van der Waals surface area contributed by atoms with Gasteiger partial charge in [0.2, 0.25) is 0 Å². The number of rotatable bonds is 4. The van der Waals surface area contributed by atoms with Crippen LogP contribution in [0.25, 0.3) is 22.3 Å². The molecule has 0 fully saturated rings. The molecular weight excluding hydrogens is 376 g/mol. The van der Waals surface area contributed by atoms with Gasteiger partial charge in [0.1, 0.15) is 5.82 Å². The smallest absolute Gasteiger partial charge is 0.194 e. The van der Waals surface area contributed by atoms with Gasteiger partial charge in [-0.05, 0) is 65.1 Å². The van der Waals surface area contributed by atoms with E-state index in [2.05, 4.69) is 6.92 Å². The second-order valence-corrected chi connectivity index (χ2v) is 7.79. The molecule has 0 aliphatic heterocycles. The largest absolute Gasteiger partial charge is 0.206 e. The summed E-state index contributed by atoms with van der Waals surface area (Å²) in [5.74, 6) is -3.49. The van der Waals surface area contributed by atoms with E-state index in [-0.39, 0.29) is 11.4 Å². The lowest BCUT2D eigenvalue weighted by molar-refractivity contribution is 0.415. The maximum absolute atomic E-state index is 15.2. The van der Waals surface area contributed by atoms with Crippen LogP contribution in [0.4, 0.5) is 17.6 Å². The Morgan fingerprint density at radius 2 is 1.45 bits per heavy atom. The molecule has 0 N–H and O–H groups in total. The van der Waals surface area contributed by atoms with Gasteiger partial charge in [-0.15, -0.1) is 0 Å². The summed E-state index contributed by atoms with van der Waals surface area (Å²) in [7, 11) is 0. The second-order valence-electron chi connectivity index (χ2n) is 7.79. The summed E-state index contributed by atoms with van der Waals surface area (Å²) in [5.41, 5.74) is 3.91. The Morgan fingerprint density at radius 1 is 0.793 bits per heavy atom. The number of hydrogen-bond donors (Lipinski definition) is 0. The van der Waals surface area contributed by atoms with Crippen LogP contribution in [-0.2, 0) is 12.8 Å². The molecule has 0 radical (unpaired) electrons. The first-order valence-corrected chi connectivity index (χ1v) is 10.0. The monoisotopic (exact) mass is 398 g/mol. The molecule has 0 spiro atoms. The highest BCUT2D eigenvalue weighted by Crippen LogP contribution is 2.35. The highest BCUT2D eigenvalue weighted by molar-refractivity contribution is 5.71. The molecule has 0 saturated carbocycles. The zero-order valence-corrected chi connectivity index (χ0v) is 16.2.